The summed E-state index contributed by atoms with van der Waals surface area (Å²) < 4.78 is 5.74. The molecule has 0 fully saturated rings. The highest BCUT2D eigenvalue weighted by Gasteiger charge is 2.06. The van der Waals surface area contributed by atoms with Gasteiger partial charge in [0.25, 0.3) is 0 Å². The maximum absolute atomic E-state index is 11.1. The van der Waals surface area contributed by atoms with Gasteiger partial charge in [-0.15, -0.1) is 0 Å². The summed E-state index contributed by atoms with van der Waals surface area (Å²) in [6.45, 7) is 1.46. The average molecular weight is 257 g/mol. The van der Waals surface area contributed by atoms with Gasteiger partial charge in [0.2, 0.25) is 5.91 Å². The van der Waals surface area contributed by atoms with E-state index in [9.17, 15) is 4.79 Å². The minimum Gasteiger partial charge on any atom is -0.453 e. The zero-order chi connectivity index (χ0) is 13.7. The van der Waals surface area contributed by atoms with E-state index < -0.39 is 0 Å². The molecule has 98 valence electrons. The lowest BCUT2D eigenvalue weighted by molar-refractivity contribution is -0.114. The molecule has 0 aliphatic rings. The van der Waals surface area contributed by atoms with Crippen LogP contribution in [-0.4, -0.2) is 17.9 Å². The summed E-state index contributed by atoms with van der Waals surface area (Å²) in [7, 11) is 1.81. The van der Waals surface area contributed by atoms with Gasteiger partial charge in [0.05, 0.1) is 23.8 Å². The number of nitrogens with zero attached hydrogens (tertiary/aromatic N) is 1. The Kier molecular flexibility index (Phi) is 3.97. The number of benzene rings is 1. The molecule has 0 spiro atoms. The Labute approximate surface area is 111 Å². The van der Waals surface area contributed by atoms with Crippen LogP contribution in [0, 0.1) is 0 Å². The second kappa shape index (κ2) is 5.86. The molecule has 0 atom stereocenters. The van der Waals surface area contributed by atoms with Gasteiger partial charge in [-0.3, -0.25) is 9.78 Å². The second-order valence-electron chi connectivity index (χ2n) is 3.94. The molecule has 0 saturated heterocycles. The van der Waals surface area contributed by atoms with E-state index in [2.05, 4.69) is 15.6 Å². The number of hydrogen-bond acceptors (Lipinski definition) is 4. The highest BCUT2D eigenvalue weighted by molar-refractivity contribution is 5.90. The summed E-state index contributed by atoms with van der Waals surface area (Å²) in [6.07, 6.45) is 3.32. The minimum atomic E-state index is -0.141. The molecule has 0 saturated carbocycles. The number of amides is 1. The predicted molar refractivity (Wildman–Crippen MR) is 74.6 cm³/mol. The van der Waals surface area contributed by atoms with Gasteiger partial charge in [0.15, 0.2) is 5.75 Å². The zero-order valence-electron chi connectivity index (χ0n) is 10.8. The molecular weight excluding hydrogens is 242 g/mol. The van der Waals surface area contributed by atoms with Crippen molar-refractivity contribution < 1.29 is 9.53 Å². The van der Waals surface area contributed by atoms with Crippen LogP contribution in [0.3, 0.4) is 0 Å². The van der Waals surface area contributed by atoms with Crippen molar-refractivity contribution in [2.45, 2.75) is 6.92 Å². The van der Waals surface area contributed by atoms with Crippen LogP contribution in [0.2, 0.25) is 0 Å². The van der Waals surface area contributed by atoms with Crippen LogP contribution in [0.1, 0.15) is 6.92 Å². The molecule has 5 heteroatoms. The Morgan fingerprint density at radius 1 is 1.26 bits per heavy atom. The van der Waals surface area contributed by atoms with Crippen molar-refractivity contribution in [3.8, 4) is 11.5 Å². The monoisotopic (exact) mass is 257 g/mol. The third-order valence-corrected chi connectivity index (χ3v) is 2.43. The number of hydrogen-bond donors (Lipinski definition) is 2. The first-order chi connectivity index (χ1) is 9.19. The minimum absolute atomic E-state index is 0.141. The molecule has 2 N–H and O–H groups in total. The van der Waals surface area contributed by atoms with Crippen molar-refractivity contribution in [3.63, 3.8) is 0 Å². The summed E-state index contributed by atoms with van der Waals surface area (Å²) in [5.74, 6) is 1.04. The van der Waals surface area contributed by atoms with Gasteiger partial charge in [0.1, 0.15) is 5.75 Å². The van der Waals surface area contributed by atoms with Crippen LogP contribution in [0.4, 0.5) is 11.4 Å². The average Bonchev–Trinajstić information content (AvgIpc) is 2.41. The Hall–Kier alpha value is -2.56. The van der Waals surface area contributed by atoms with E-state index in [1.165, 1.54) is 6.92 Å². The van der Waals surface area contributed by atoms with Crippen LogP contribution < -0.4 is 15.4 Å². The Morgan fingerprint density at radius 3 is 2.79 bits per heavy atom. The first kappa shape index (κ1) is 12.9. The van der Waals surface area contributed by atoms with Crippen molar-refractivity contribution in [2.75, 3.05) is 17.7 Å². The van der Waals surface area contributed by atoms with Crippen molar-refractivity contribution in [3.05, 3.63) is 42.7 Å². The number of pyridine rings is 1. The van der Waals surface area contributed by atoms with E-state index in [-0.39, 0.29) is 5.91 Å². The van der Waals surface area contributed by atoms with E-state index in [1.54, 1.807) is 24.5 Å². The predicted octanol–water partition coefficient (Wildman–Crippen LogP) is 2.87. The number of rotatable bonds is 4. The molecule has 0 aliphatic carbocycles. The number of anilines is 2. The number of nitrogens with one attached hydrogen (secondary N) is 2. The summed E-state index contributed by atoms with van der Waals surface area (Å²) in [6, 6.07) is 9.08. The molecule has 5 nitrogen and oxygen atoms in total. The lowest BCUT2D eigenvalue weighted by Crippen LogP contribution is -2.06. The highest BCUT2D eigenvalue weighted by atomic mass is 16.5. The fraction of sp³-hybridized carbons (Fsp3) is 0.143. The van der Waals surface area contributed by atoms with Gasteiger partial charge in [0, 0.05) is 20.0 Å². The molecule has 1 aromatic heterocycles. The number of carbonyl (C=O) groups is 1. The van der Waals surface area contributed by atoms with E-state index in [0.29, 0.717) is 17.2 Å². The standard InChI is InChI=1S/C14H15N3O2/c1-10(18)17-13-5-3-4-6-14(13)19-12-7-11(15-2)8-16-9-12/h3-9,15H,1-2H3,(H,17,18). The van der Waals surface area contributed by atoms with Gasteiger partial charge in [-0.1, -0.05) is 12.1 Å². The molecule has 0 aliphatic heterocycles. The van der Waals surface area contributed by atoms with Gasteiger partial charge in [-0.25, -0.2) is 0 Å². The smallest absolute Gasteiger partial charge is 0.221 e. The molecule has 1 heterocycles. The maximum atomic E-state index is 11.1. The molecule has 0 radical (unpaired) electrons. The van der Waals surface area contributed by atoms with E-state index >= 15 is 0 Å². The SMILES string of the molecule is CNc1cncc(Oc2ccccc2NC(C)=O)c1. The van der Waals surface area contributed by atoms with E-state index in [0.717, 1.165) is 5.69 Å². The number of carbonyl (C=O) groups excluding carboxylic acids is 1. The molecular formula is C14H15N3O2. The molecule has 0 unspecified atom stereocenters. The molecule has 2 rings (SSSR count). The number of aromatic nitrogens is 1. The zero-order valence-corrected chi connectivity index (χ0v) is 10.8. The molecule has 2 aromatic rings. The molecule has 0 bridgehead atoms. The first-order valence-electron chi connectivity index (χ1n) is 5.86. The van der Waals surface area contributed by atoms with Crippen LogP contribution in [0.15, 0.2) is 42.7 Å². The second-order valence-corrected chi connectivity index (χ2v) is 3.94. The fourth-order valence-electron chi connectivity index (χ4n) is 1.59. The van der Waals surface area contributed by atoms with Crippen molar-refractivity contribution in [1.29, 1.82) is 0 Å². The summed E-state index contributed by atoms with van der Waals surface area (Å²) in [4.78, 5) is 15.2. The van der Waals surface area contributed by atoms with E-state index in [4.69, 9.17) is 4.74 Å². The largest absolute Gasteiger partial charge is 0.453 e. The Bertz CT molecular complexity index is 584. The van der Waals surface area contributed by atoms with Gasteiger partial charge in [-0.05, 0) is 12.1 Å². The van der Waals surface area contributed by atoms with Crippen molar-refractivity contribution in [1.82, 2.24) is 4.98 Å². The van der Waals surface area contributed by atoms with E-state index in [1.807, 2.05) is 25.2 Å². The number of para-hydroxylation sites is 2. The molecule has 1 aromatic carbocycles. The normalized spacial score (nSPS) is 9.79. The van der Waals surface area contributed by atoms with Gasteiger partial charge >= 0.3 is 0 Å². The Morgan fingerprint density at radius 2 is 2.05 bits per heavy atom. The summed E-state index contributed by atoms with van der Waals surface area (Å²) in [5, 5.41) is 5.71. The highest BCUT2D eigenvalue weighted by Crippen LogP contribution is 2.29. The van der Waals surface area contributed by atoms with Gasteiger partial charge < -0.3 is 15.4 Å². The summed E-state index contributed by atoms with van der Waals surface area (Å²) >= 11 is 0. The third kappa shape index (κ3) is 3.45. The van der Waals surface area contributed by atoms with Gasteiger partial charge in [-0.2, -0.15) is 0 Å². The lowest BCUT2D eigenvalue weighted by atomic mass is 10.3. The fourth-order valence-corrected chi connectivity index (χ4v) is 1.59. The van der Waals surface area contributed by atoms with Crippen LogP contribution in [-0.2, 0) is 4.79 Å². The van der Waals surface area contributed by atoms with Crippen molar-refractivity contribution >= 4 is 17.3 Å². The number of ether oxygens (including phenoxy) is 1. The first-order valence-corrected chi connectivity index (χ1v) is 5.86. The molecule has 19 heavy (non-hydrogen) atoms. The van der Waals surface area contributed by atoms with Crippen LogP contribution in [0.25, 0.3) is 0 Å². The van der Waals surface area contributed by atoms with Crippen LogP contribution in [0.5, 0.6) is 11.5 Å². The lowest BCUT2D eigenvalue weighted by Gasteiger charge is -2.11. The van der Waals surface area contributed by atoms with Crippen molar-refractivity contribution in [2.24, 2.45) is 0 Å². The summed E-state index contributed by atoms with van der Waals surface area (Å²) in [5.41, 5.74) is 1.49. The molecule has 1 amide bonds. The topological polar surface area (TPSA) is 63.3 Å². The van der Waals surface area contributed by atoms with Crippen LogP contribution >= 0.6 is 0 Å². The maximum Gasteiger partial charge on any atom is 0.221 e. The Balaban J connectivity index is 2.24. The third-order valence-electron chi connectivity index (χ3n) is 2.43. The quantitative estimate of drug-likeness (QED) is 0.884.